The molecule has 2 N–H and O–H groups in total. The number of fused-ring (bicyclic) bond motifs is 1. The topological polar surface area (TPSA) is 50.1 Å². The van der Waals surface area contributed by atoms with Crippen LogP contribution in [0.2, 0.25) is 0 Å². The lowest BCUT2D eigenvalue weighted by atomic mass is 9.77. The number of hydrogen-bond donors (Lipinski definition) is 2. The summed E-state index contributed by atoms with van der Waals surface area (Å²) in [6.07, 6.45) is 2.45. The molecule has 0 radical (unpaired) electrons. The molecule has 0 amide bonds. The van der Waals surface area contributed by atoms with Crippen molar-refractivity contribution < 1.29 is 5.11 Å². The van der Waals surface area contributed by atoms with E-state index in [9.17, 15) is 5.11 Å². The number of para-hydroxylation sites is 1. The first kappa shape index (κ1) is 14.5. The Balaban J connectivity index is 1.97. The largest absolute Gasteiger partial charge is 0.389 e. The third kappa shape index (κ3) is 2.58. The highest BCUT2D eigenvalue weighted by molar-refractivity contribution is 5.82. The summed E-state index contributed by atoms with van der Waals surface area (Å²) in [6.45, 7) is 6.92. The highest BCUT2D eigenvalue weighted by atomic mass is 16.3. The van der Waals surface area contributed by atoms with E-state index in [1.807, 2.05) is 10.7 Å². The Morgan fingerprint density at radius 1 is 1.38 bits per heavy atom. The fourth-order valence-corrected chi connectivity index (χ4v) is 3.59. The van der Waals surface area contributed by atoms with Crippen molar-refractivity contribution in [3.8, 4) is 0 Å². The first-order valence-electron chi connectivity index (χ1n) is 8.05. The van der Waals surface area contributed by atoms with Gasteiger partial charge in [0.15, 0.2) is 0 Å². The van der Waals surface area contributed by atoms with Crippen molar-refractivity contribution >= 4 is 10.9 Å². The molecule has 4 nitrogen and oxygen atoms in total. The Kier molecular flexibility index (Phi) is 4.00. The third-order valence-corrected chi connectivity index (χ3v) is 4.89. The summed E-state index contributed by atoms with van der Waals surface area (Å²) in [5, 5.41) is 20.5. The molecule has 2 atom stereocenters. The molecule has 2 aromatic rings. The van der Waals surface area contributed by atoms with Crippen molar-refractivity contribution in [2.75, 3.05) is 13.1 Å². The van der Waals surface area contributed by atoms with Crippen LogP contribution in [0.5, 0.6) is 0 Å². The Morgan fingerprint density at radius 3 is 2.95 bits per heavy atom. The van der Waals surface area contributed by atoms with Gasteiger partial charge in [0, 0.05) is 30.8 Å². The van der Waals surface area contributed by atoms with Crippen LogP contribution in [0.25, 0.3) is 10.9 Å². The molecule has 0 aliphatic carbocycles. The Labute approximate surface area is 126 Å². The van der Waals surface area contributed by atoms with Gasteiger partial charge in [0.25, 0.3) is 0 Å². The molecule has 1 fully saturated rings. The van der Waals surface area contributed by atoms with Crippen LogP contribution in [0.15, 0.2) is 24.3 Å². The van der Waals surface area contributed by atoms with Crippen molar-refractivity contribution in [3.05, 3.63) is 30.0 Å². The normalized spacial score (nSPS) is 26.3. The fourth-order valence-electron chi connectivity index (χ4n) is 3.59. The zero-order valence-corrected chi connectivity index (χ0v) is 13.0. The molecule has 2 unspecified atom stereocenters. The van der Waals surface area contributed by atoms with Gasteiger partial charge in [-0.25, -0.2) is 0 Å². The maximum Gasteiger partial charge on any atom is 0.0756 e. The van der Waals surface area contributed by atoms with E-state index in [-0.39, 0.29) is 0 Å². The lowest BCUT2D eigenvalue weighted by molar-refractivity contribution is -0.0419. The van der Waals surface area contributed by atoms with Crippen molar-refractivity contribution in [1.82, 2.24) is 15.1 Å². The molecular formula is C17H25N3O. The number of aromatic nitrogens is 2. The number of benzene rings is 1. The first-order valence-corrected chi connectivity index (χ1v) is 8.05. The number of aliphatic hydroxyl groups is 1. The van der Waals surface area contributed by atoms with Crippen LogP contribution < -0.4 is 5.32 Å². The standard InChI is InChI=1S/C17H25N3O/c1-3-13-12-18-10-9-17(13,21)11-15-14-7-5-6-8-16(14)20(4-2)19-15/h5-8,13,18,21H,3-4,9-12H2,1-2H3. The summed E-state index contributed by atoms with van der Waals surface area (Å²) in [5.41, 5.74) is 1.58. The van der Waals surface area contributed by atoms with Crippen LogP contribution in [0.1, 0.15) is 32.4 Å². The second-order valence-corrected chi connectivity index (χ2v) is 6.12. The highest BCUT2D eigenvalue weighted by Gasteiger charge is 2.38. The van der Waals surface area contributed by atoms with E-state index in [2.05, 4.69) is 37.4 Å². The van der Waals surface area contributed by atoms with Gasteiger partial charge in [0.2, 0.25) is 0 Å². The second-order valence-electron chi connectivity index (χ2n) is 6.12. The van der Waals surface area contributed by atoms with Gasteiger partial charge >= 0.3 is 0 Å². The first-order chi connectivity index (χ1) is 10.2. The van der Waals surface area contributed by atoms with Crippen molar-refractivity contribution in [2.24, 2.45) is 5.92 Å². The molecule has 0 spiro atoms. The van der Waals surface area contributed by atoms with E-state index in [0.717, 1.165) is 38.2 Å². The summed E-state index contributed by atoms with van der Waals surface area (Å²) < 4.78 is 2.04. The molecule has 4 heteroatoms. The Bertz CT molecular complexity index is 622. The van der Waals surface area contributed by atoms with Gasteiger partial charge in [-0.05, 0) is 32.4 Å². The summed E-state index contributed by atoms with van der Waals surface area (Å²) in [4.78, 5) is 0. The van der Waals surface area contributed by atoms with Gasteiger partial charge < -0.3 is 10.4 Å². The molecular weight excluding hydrogens is 262 g/mol. The quantitative estimate of drug-likeness (QED) is 0.907. The number of nitrogens with zero attached hydrogens (tertiary/aromatic N) is 2. The maximum atomic E-state index is 11.1. The average molecular weight is 287 g/mol. The van der Waals surface area contributed by atoms with E-state index in [0.29, 0.717) is 12.3 Å². The van der Waals surface area contributed by atoms with E-state index < -0.39 is 5.60 Å². The molecule has 0 saturated carbocycles. The van der Waals surface area contributed by atoms with Crippen molar-refractivity contribution in [1.29, 1.82) is 0 Å². The number of piperidine rings is 1. The van der Waals surface area contributed by atoms with E-state index in [1.165, 1.54) is 10.9 Å². The number of nitrogens with one attached hydrogen (secondary N) is 1. The molecule has 1 aliphatic heterocycles. The molecule has 1 aromatic heterocycles. The lowest BCUT2D eigenvalue weighted by Crippen LogP contribution is -2.51. The van der Waals surface area contributed by atoms with Crippen LogP contribution >= 0.6 is 0 Å². The monoisotopic (exact) mass is 287 g/mol. The minimum atomic E-state index is -0.629. The molecule has 1 aromatic carbocycles. The predicted octanol–water partition coefficient (Wildman–Crippen LogP) is 2.35. The molecule has 0 bridgehead atoms. The molecule has 2 heterocycles. The van der Waals surface area contributed by atoms with E-state index >= 15 is 0 Å². The van der Waals surface area contributed by atoms with Crippen LogP contribution in [0.3, 0.4) is 0 Å². The molecule has 21 heavy (non-hydrogen) atoms. The van der Waals surface area contributed by atoms with Crippen molar-refractivity contribution in [3.63, 3.8) is 0 Å². The SMILES string of the molecule is CCC1CNCCC1(O)Cc1nn(CC)c2ccccc12. The highest BCUT2D eigenvalue weighted by Crippen LogP contribution is 2.32. The molecule has 1 saturated heterocycles. The van der Waals surface area contributed by atoms with E-state index in [1.54, 1.807) is 0 Å². The molecule has 114 valence electrons. The predicted molar refractivity (Wildman–Crippen MR) is 85.3 cm³/mol. The average Bonchev–Trinajstić information content (AvgIpc) is 2.85. The van der Waals surface area contributed by atoms with Gasteiger partial charge in [-0.2, -0.15) is 5.10 Å². The van der Waals surface area contributed by atoms with Gasteiger partial charge in [0.1, 0.15) is 0 Å². The van der Waals surface area contributed by atoms with E-state index in [4.69, 9.17) is 5.10 Å². The smallest absolute Gasteiger partial charge is 0.0756 e. The lowest BCUT2D eigenvalue weighted by Gasteiger charge is -2.39. The maximum absolute atomic E-state index is 11.1. The van der Waals surface area contributed by atoms with Gasteiger partial charge in [-0.1, -0.05) is 25.1 Å². The van der Waals surface area contributed by atoms with Crippen LogP contribution in [0, 0.1) is 5.92 Å². The van der Waals surface area contributed by atoms with Crippen LogP contribution in [0.4, 0.5) is 0 Å². The Hall–Kier alpha value is -1.39. The van der Waals surface area contributed by atoms with Gasteiger partial charge in [0.05, 0.1) is 16.8 Å². The Morgan fingerprint density at radius 2 is 2.19 bits per heavy atom. The second kappa shape index (κ2) is 5.78. The van der Waals surface area contributed by atoms with Crippen LogP contribution in [-0.2, 0) is 13.0 Å². The van der Waals surface area contributed by atoms with Gasteiger partial charge in [-0.3, -0.25) is 4.68 Å². The number of hydrogen-bond acceptors (Lipinski definition) is 3. The fraction of sp³-hybridized carbons (Fsp3) is 0.588. The summed E-state index contributed by atoms with van der Waals surface area (Å²) in [5.74, 6) is 0.303. The third-order valence-electron chi connectivity index (χ3n) is 4.89. The summed E-state index contributed by atoms with van der Waals surface area (Å²) in [6, 6.07) is 8.33. The molecule has 1 aliphatic rings. The molecule has 3 rings (SSSR count). The summed E-state index contributed by atoms with van der Waals surface area (Å²) >= 11 is 0. The van der Waals surface area contributed by atoms with Crippen molar-refractivity contribution in [2.45, 2.75) is 45.3 Å². The summed E-state index contributed by atoms with van der Waals surface area (Å²) in [7, 11) is 0. The number of aryl methyl sites for hydroxylation is 1. The minimum Gasteiger partial charge on any atom is -0.389 e. The van der Waals surface area contributed by atoms with Crippen LogP contribution in [-0.4, -0.2) is 33.6 Å². The van der Waals surface area contributed by atoms with Gasteiger partial charge in [-0.15, -0.1) is 0 Å². The zero-order chi connectivity index (χ0) is 14.9. The minimum absolute atomic E-state index is 0.303. The zero-order valence-electron chi connectivity index (χ0n) is 13.0. The number of rotatable bonds is 4.